The van der Waals surface area contributed by atoms with Gasteiger partial charge in [-0.1, -0.05) is 100.0 Å². The first-order valence-corrected chi connectivity index (χ1v) is 13.7. The zero-order valence-corrected chi connectivity index (χ0v) is 22.9. The number of ether oxygens (including phenoxy) is 1. The number of hydrogen-bond acceptors (Lipinski definition) is 3. The standard InChI is InChI=1S/C34H41NO2/c1-34(2,3)28-21-19-26(20-22-28)32(36)17-6-5-11-23-35(4)24-12-16-30-29-14-8-7-13-27(29)25-37-33-18-10-9-15-31(30)33/h7-10,13-16,18-22H,5-6,11-12,17,23-25H2,1-4H3. The Bertz CT molecular complexity index is 1170. The maximum Gasteiger partial charge on any atom is 0.162 e. The van der Waals surface area contributed by atoms with E-state index in [4.69, 9.17) is 4.74 Å². The van der Waals surface area contributed by atoms with E-state index in [9.17, 15) is 4.79 Å². The summed E-state index contributed by atoms with van der Waals surface area (Å²) in [6.45, 7) is 9.25. The molecule has 0 N–H and O–H groups in total. The number of ketones is 1. The first-order valence-electron chi connectivity index (χ1n) is 13.7. The van der Waals surface area contributed by atoms with Gasteiger partial charge in [0.25, 0.3) is 0 Å². The van der Waals surface area contributed by atoms with E-state index in [1.165, 1.54) is 27.8 Å². The van der Waals surface area contributed by atoms with E-state index < -0.39 is 0 Å². The molecule has 1 aliphatic heterocycles. The third-order valence-corrected chi connectivity index (χ3v) is 7.24. The van der Waals surface area contributed by atoms with Crippen LogP contribution in [0.2, 0.25) is 0 Å². The van der Waals surface area contributed by atoms with Crippen LogP contribution in [0.4, 0.5) is 0 Å². The molecule has 4 rings (SSSR count). The Balaban J connectivity index is 1.23. The van der Waals surface area contributed by atoms with Gasteiger partial charge in [-0.05, 0) is 66.6 Å². The molecule has 1 aliphatic rings. The van der Waals surface area contributed by atoms with Crippen LogP contribution in [0.5, 0.6) is 5.75 Å². The van der Waals surface area contributed by atoms with Crippen molar-refractivity contribution in [2.24, 2.45) is 0 Å². The van der Waals surface area contributed by atoms with Gasteiger partial charge in [0.2, 0.25) is 0 Å². The van der Waals surface area contributed by atoms with Gasteiger partial charge in [0.15, 0.2) is 5.78 Å². The van der Waals surface area contributed by atoms with Crippen LogP contribution >= 0.6 is 0 Å². The van der Waals surface area contributed by atoms with Crippen molar-refractivity contribution >= 4 is 11.4 Å². The lowest BCUT2D eigenvalue weighted by Gasteiger charge is -2.19. The summed E-state index contributed by atoms with van der Waals surface area (Å²) in [6, 6.07) is 25.1. The number of hydrogen-bond donors (Lipinski definition) is 0. The summed E-state index contributed by atoms with van der Waals surface area (Å²) >= 11 is 0. The summed E-state index contributed by atoms with van der Waals surface area (Å²) in [5.74, 6) is 1.21. The predicted octanol–water partition coefficient (Wildman–Crippen LogP) is 8.07. The number of para-hydroxylation sites is 1. The molecule has 0 radical (unpaired) electrons. The Morgan fingerprint density at radius 1 is 0.865 bits per heavy atom. The Hall–Kier alpha value is -3.17. The molecule has 0 aromatic heterocycles. The monoisotopic (exact) mass is 495 g/mol. The number of unbranched alkanes of at least 4 members (excludes halogenated alkanes) is 2. The highest BCUT2D eigenvalue weighted by atomic mass is 16.5. The van der Waals surface area contributed by atoms with Gasteiger partial charge < -0.3 is 9.64 Å². The molecule has 194 valence electrons. The molecule has 3 nitrogen and oxygen atoms in total. The minimum Gasteiger partial charge on any atom is -0.488 e. The third kappa shape index (κ3) is 7.20. The highest BCUT2D eigenvalue weighted by Gasteiger charge is 2.18. The van der Waals surface area contributed by atoms with Crippen LogP contribution in [0.15, 0.2) is 78.9 Å². The van der Waals surface area contributed by atoms with Crippen LogP contribution in [0.25, 0.3) is 5.57 Å². The number of carbonyl (C=O) groups excluding carboxylic acids is 1. The number of rotatable bonds is 10. The molecule has 0 unspecified atom stereocenters. The van der Waals surface area contributed by atoms with Gasteiger partial charge in [-0.25, -0.2) is 0 Å². The quantitative estimate of drug-likeness (QED) is 0.210. The summed E-state index contributed by atoms with van der Waals surface area (Å²) < 4.78 is 6.10. The van der Waals surface area contributed by atoms with E-state index in [1.807, 2.05) is 18.2 Å². The molecule has 0 bridgehead atoms. The predicted molar refractivity (Wildman–Crippen MR) is 154 cm³/mol. The zero-order chi connectivity index (χ0) is 26.3. The Morgan fingerprint density at radius 3 is 2.32 bits per heavy atom. The smallest absolute Gasteiger partial charge is 0.162 e. The first kappa shape index (κ1) is 26.9. The Labute approximate surface area is 223 Å². The van der Waals surface area contributed by atoms with Crippen molar-refractivity contribution in [2.75, 3.05) is 20.1 Å². The zero-order valence-electron chi connectivity index (χ0n) is 22.9. The van der Waals surface area contributed by atoms with Crippen LogP contribution in [0, 0.1) is 0 Å². The van der Waals surface area contributed by atoms with Crippen LogP contribution in [-0.2, 0) is 12.0 Å². The fourth-order valence-electron chi connectivity index (χ4n) is 4.93. The van der Waals surface area contributed by atoms with Gasteiger partial charge in [-0.2, -0.15) is 0 Å². The number of carbonyl (C=O) groups is 1. The lowest BCUT2D eigenvalue weighted by Crippen LogP contribution is -2.20. The van der Waals surface area contributed by atoms with E-state index in [2.05, 4.69) is 93.4 Å². The van der Waals surface area contributed by atoms with Crippen molar-refractivity contribution in [1.29, 1.82) is 0 Å². The molecule has 1 heterocycles. The SMILES string of the molecule is CN(CCC=C1c2ccccc2COc2ccccc21)CCCCCC(=O)c1ccc(C(C)(C)C)cc1. The second-order valence-corrected chi connectivity index (χ2v) is 11.2. The molecule has 0 saturated carbocycles. The minimum atomic E-state index is 0.114. The van der Waals surface area contributed by atoms with Crippen LogP contribution in [0.3, 0.4) is 0 Å². The van der Waals surface area contributed by atoms with Crippen LogP contribution in [0.1, 0.15) is 85.5 Å². The molecule has 0 amide bonds. The second-order valence-electron chi connectivity index (χ2n) is 11.2. The number of nitrogens with zero attached hydrogens (tertiary/aromatic N) is 1. The number of benzene rings is 3. The average Bonchev–Trinajstić information content (AvgIpc) is 3.05. The van der Waals surface area contributed by atoms with Crippen molar-refractivity contribution in [3.63, 3.8) is 0 Å². The second kappa shape index (κ2) is 12.4. The Morgan fingerprint density at radius 2 is 1.57 bits per heavy atom. The van der Waals surface area contributed by atoms with Crippen molar-refractivity contribution in [1.82, 2.24) is 4.90 Å². The normalized spacial score (nSPS) is 14.1. The first-order chi connectivity index (χ1) is 17.8. The van der Waals surface area contributed by atoms with Gasteiger partial charge in [-0.3, -0.25) is 4.79 Å². The molecule has 3 heteroatoms. The van der Waals surface area contributed by atoms with E-state index in [0.717, 1.165) is 50.1 Å². The summed E-state index contributed by atoms with van der Waals surface area (Å²) in [7, 11) is 2.19. The molecule has 3 aromatic rings. The molecule has 3 aromatic carbocycles. The third-order valence-electron chi connectivity index (χ3n) is 7.24. The summed E-state index contributed by atoms with van der Waals surface area (Å²) in [4.78, 5) is 15.0. The van der Waals surface area contributed by atoms with Crippen molar-refractivity contribution in [3.8, 4) is 5.75 Å². The number of Topliss-reactive ketones (excluding diaryl/α,β-unsaturated/α-hetero) is 1. The van der Waals surface area contributed by atoms with Gasteiger partial charge in [0.05, 0.1) is 0 Å². The molecule has 0 fully saturated rings. The highest BCUT2D eigenvalue weighted by Crippen LogP contribution is 2.36. The maximum absolute atomic E-state index is 12.6. The lowest BCUT2D eigenvalue weighted by atomic mass is 9.86. The topological polar surface area (TPSA) is 29.5 Å². The fourth-order valence-corrected chi connectivity index (χ4v) is 4.93. The summed E-state index contributed by atoms with van der Waals surface area (Å²) in [6.07, 6.45) is 7.12. The highest BCUT2D eigenvalue weighted by molar-refractivity contribution is 5.96. The van der Waals surface area contributed by atoms with Crippen molar-refractivity contribution < 1.29 is 9.53 Å². The Kier molecular flexibility index (Phi) is 9.00. The molecule has 0 atom stereocenters. The molecular formula is C34H41NO2. The van der Waals surface area contributed by atoms with E-state index in [1.54, 1.807) is 0 Å². The average molecular weight is 496 g/mol. The lowest BCUT2D eigenvalue weighted by molar-refractivity contribution is 0.0979. The molecular weight excluding hydrogens is 454 g/mol. The molecule has 0 saturated heterocycles. The maximum atomic E-state index is 12.6. The van der Waals surface area contributed by atoms with E-state index in [-0.39, 0.29) is 11.2 Å². The van der Waals surface area contributed by atoms with Gasteiger partial charge >= 0.3 is 0 Å². The van der Waals surface area contributed by atoms with Crippen molar-refractivity contribution in [3.05, 3.63) is 107 Å². The van der Waals surface area contributed by atoms with E-state index >= 15 is 0 Å². The summed E-state index contributed by atoms with van der Waals surface area (Å²) in [5, 5.41) is 0. The molecule has 0 spiro atoms. The molecule has 37 heavy (non-hydrogen) atoms. The van der Waals surface area contributed by atoms with Crippen LogP contribution in [-0.4, -0.2) is 30.8 Å². The largest absolute Gasteiger partial charge is 0.488 e. The molecule has 0 aliphatic carbocycles. The number of fused-ring (bicyclic) bond motifs is 2. The fraction of sp³-hybridized carbons (Fsp3) is 0.382. The summed E-state index contributed by atoms with van der Waals surface area (Å²) in [5.41, 5.74) is 7.17. The minimum absolute atomic E-state index is 0.114. The van der Waals surface area contributed by atoms with Gasteiger partial charge in [0.1, 0.15) is 12.4 Å². The van der Waals surface area contributed by atoms with Crippen LogP contribution < -0.4 is 4.74 Å². The van der Waals surface area contributed by atoms with E-state index in [0.29, 0.717) is 13.0 Å². The van der Waals surface area contributed by atoms with Crippen molar-refractivity contribution in [2.45, 2.75) is 64.9 Å². The van der Waals surface area contributed by atoms with Gasteiger partial charge in [-0.15, -0.1) is 0 Å². The van der Waals surface area contributed by atoms with Gasteiger partial charge in [0, 0.05) is 24.1 Å².